The summed E-state index contributed by atoms with van der Waals surface area (Å²) in [4.78, 5) is 21.9. The number of H-pyrrole nitrogens is 1. The molecular formula is C31H40N4O2. The number of nitrogens with one attached hydrogen (secondary N) is 2. The average Bonchev–Trinajstić information content (AvgIpc) is 3.49. The van der Waals surface area contributed by atoms with Gasteiger partial charge in [-0.2, -0.15) is 0 Å². The van der Waals surface area contributed by atoms with Gasteiger partial charge >= 0.3 is 0 Å². The first-order valence-corrected chi connectivity index (χ1v) is 14.2. The van der Waals surface area contributed by atoms with Crippen LogP contribution in [-0.4, -0.2) is 66.6 Å². The van der Waals surface area contributed by atoms with Crippen LogP contribution < -0.4 is 10.1 Å². The van der Waals surface area contributed by atoms with Crippen LogP contribution in [0.5, 0.6) is 5.75 Å². The summed E-state index contributed by atoms with van der Waals surface area (Å²) in [5, 5.41) is 4.67. The topological polar surface area (TPSA) is 60.6 Å². The summed E-state index contributed by atoms with van der Waals surface area (Å²) in [7, 11) is 1.67. The molecule has 0 radical (unpaired) electrons. The van der Waals surface area contributed by atoms with E-state index in [9.17, 15) is 4.79 Å². The van der Waals surface area contributed by atoms with E-state index in [1.807, 2.05) is 24.3 Å². The van der Waals surface area contributed by atoms with E-state index in [-0.39, 0.29) is 5.91 Å². The molecule has 1 amide bonds. The minimum Gasteiger partial charge on any atom is -0.497 e. The van der Waals surface area contributed by atoms with Gasteiger partial charge in [0.1, 0.15) is 11.4 Å². The lowest BCUT2D eigenvalue weighted by atomic mass is 9.81. The second kappa shape index (κ2) is 10.8. The summed E-state index contributed by atoms with van der Waals surface area (Å²) < 4.78 is 5.36. The van der Waals surface area contributed by atoms with Gasteiger partial charge in [0, 0.05) is 54.3 Å². The SMILES string of the molecule is COc1ccc2cc(C(=O)N3CCCCCC3CCN3CCC(C4CNc5ccccc54)CC3)[nH]c2c1. The van der Waals surface area contributed by atoms with Crippen LogP contribution in [0.1, 0.15) is 66.9 Å². The second-order valence-electron chi connectivity index (χ2n) is 11.2. The molecule has 2 unspecified atom stereocenters. The molecule has 6 heteroatoms. The number of nitrogens with zero attached hydrogens (tertiary/aromatic N) is 2. The molecular weight excluding hydrogens is 460 g/mol. The molecule has 2 N–H and O–H groups in total. The molecule has 3 aliphatic heterocycles. The Morgan fingerprint density at radius 1 is 1.00 bits per heavy atom. The van der Waals surface area contributed by atoms with Gasteiger partial charge in [0.25, 0.3) is 5.91 Å². The van der Waals surface area contributed by atoms with Crippen LogP contribution in [0.4, 0.5) is 5.69 Å². The van der Waals surface area contributed by atoms with Gasteiger partial charge in [-0.05, 0) is 80.9 Å². The highest BCUT2D eigenvalue weighted by molar-refractivity contribution is 5.98. The molecule has 37 heavy (non-hydrogen) atoms. The van der Waals surface area contributed by atoms with E-state index in [0.717, 1.165) is 61.5 Å². The van der Waals surface area contributed by atoms with Gasteiger partial charge < -0.3 is 24.8 Å². The molecule has 2 saturated heterocycles. The largest absolute Gasteiger partial charge is 0.497 e. The molecule has 6 nitrogen and oxygen atoms in total. The van der Waals surface area contributed by atoms with Crippen molar-refractivity contribution in [1.82, 2.24) is 14.8 Å². The Hall–Kier alpha value is -2.99. The maximum absolute atomic E-state index is 13.7. The Bertz CT molecular complexity index is 1230. The van der Waals surface area contributed by atoms with E-state index in [4.69, 9.17) is 4.74 Å². The Kier molecular flexibility index (Phi) is 7.10. The number of ether oxygens (including phenoxy) is 1. The highest BCUT2D eigenvalue weighted by Gasteiger charge is 2.33. The second-order valence-corrected chi connectivity index (χ2v) is 11.2. The maximum Gasteiger partial charge on any atom is 0.270 e. The van der Waals surface area contributed by atoms with E-state index in [2.05, 4.69) is 44.4 Å². The van der Waals surface area contributed by atoms with Crippen molar-refractivity contribution in [2.24, 2.45) is 5.92 Å². The summed E-state index contributed by atoms with van der Waals surface area (Å²) in [6.07, 6.45) is 8.25. The van der Waals surface area contributed by atoms with Crippen LogP contribution in [0.15, 0.2) is 48.5 Å². The van der Waals surface area contributed by atoms with Gasteiger partial charge in [-0.1, -0.05) is 31.0 Å². The van der Waals surface area contributed by atoms with E-state index in [1.54, 1.807) is 7.11 Å². The Labute approximate surface area is 220 Å². The minimum atomic E-state index is 0.146. The number of piperidine rings is 1. The molecule has 1 aromatic heterocycles. The molecule has 3 aromatic rings. The smallest absolute Gasteiger partial charge is 0.270 e. The van der Waals surface area contributed by atoms with Gasteiger partial charge in [0.15, 0.2) is 0 Å². The molecule has 0 aliphatic carbocycles. The zero-order valence-electron chi connectivity index (χ0n) is 22.0. The number of fused-ring (bicyclic) bond motifs is 2. The van der Waals surface area contributed by atoms with Crippen LogP contribution in [0.3, 0.4) is 0 Å². The Morgan fingerprint density at radius 2 is 1.86 bits per heavy atom. The van der Waals surface area contributed by atoms with E-state index in [1.165, 1.54) is 50.0 Å². The summed E-state index contributed by atoms with van der Waals surface area (Å²) in [5.41, 5.74) is 4.50. The number of rotatable bonds is 6. The number of carbonyl (C=O) groups is 1. The van der Waals surface area contributed by atoms with Crippen LogP contribution in [-0.2, 0) is 0 Å². The highest BCUT2D eigenvalue weighted by atomic mass is 16.5. The lowest BCUT2D eigenvalue weighted by molar-refractivity contribution is 0.0646. The molecule has 0 bridgehead atoms. The number of aromatic nitrogens is 1. The van der Waals surface area contributed by atoms with E-state index >= 15 is 0 Å². The third-order valence-electron chi connectivity index (χ3n) is 9.05. The van der Waals surface area contributed by atoms with Crippen molar-refractivity contribution in [3.63, 3.8) is 0 Å². The molecule has 4 heterocycles. The van der Waals surface area contributed by atoms with Crippen LogP contribution >= 0.6 is 0 Å². The fraction of sp³-hybridized carbons (Fsp3) is 0.516. The third kappa shape index (κ3) is 5.08. The summed E-state index contributed by atoms with van der Waals surface area (Å²) >= 11 is 0. The number of anilines is 1. The molecule has 0 spiro atoms. The lowest BCUT2D eigenvalue weighted by Gasteiger charge is -2.37. The normalized spacial score (nSPS) is 23.0. The molecule has 6 rings (SSSR count). The van der Waals surface area contributed by atoms with Crippen molar-refractivity contribution in [2.75, 3.05) is 45.2 Å². The number of hydrogen-bond acceptors (Lipinski definition) is 4. The van der Waals surface area contributed by atoms with Crippen molar-refractivity contribution in [1.29, 1.82) is 0 Å². The third-order valence-corrected chi connectivity index (χ3v) is 9.05. The number of methoxy groups -OCH3 is 1. The quantitative estimate of drug-likeness (QED) is 0.444. The molecule has 3 aliphatic rings. The number of carbonyl (C=O) groups excluding carboxylic acids is 1. The number of benzene rings is 2. The number of amides is 1. The number of hydrogen-bond donors (Lipinski definition) is 2. The first-order chi connectivity index (χ1) is 18.2. The standard InChI is InChI=1S/C31H40N4O2/c1-37-25-11-10-23-19-30(33-29(23)20-25)31(36)35-15-6-2-3-7-24(35)14-18-34-16-12-22(13-17-34)27-21-32-28-9-5-4-8-26(27)28/h4-5,8-11,19-20,22,24,27,32-33H,2-3,6-7,12-18,21H2,1H3. The zero-order valence-corrected chi connectivity index (χ0v) is 22.0. The van der Waals surface area contributed by atoms with Gasteiger partial charge in [-0.3, -0.25) is 4.79 Å². The maximum atomic E-state index is 13.7. The fourth-order valence-electron chi connectivity index (χ4n) is 6.89. The van der Waals surface area contributed by atoms with Crippen molar-refractivity contribution in [3.8, 4) is 5.75 Å². The predicted octanol–water partition coefficient (Wildman–Crippen LogP) is 5.87. The Morgan fingerprint density at radius 3 is 2.73 bits per heavy atom. The average molecular weight is 501 g/mol. The lowest BCUT2D eigenvalue weighted by Crippen LogP contribution is -2.43. The summed E-state index contributed by atoms with van der Waals surface area (Å²) in [6.45, 7) is 5.38. The number of likely N-dealkylation sites (tertiary alicyclic amines) is 2. The van der Waals surface area contributed by atoms with Gasteiger partial charge in [-0.15, -0.1) is 0 Å². The van der Waals surface area contributed by atoms with Crippen molar-refractivity contribution in [2.45, 2.75) is 56.9 Å². The minimum absolute atomic E-state index is 0.146. The van der Waals surface area contributed by atoms with Crippen molar-refractivity contribution >= 4 is 22.5 Å². The van der Waals surface area contributed by atoms with Gasteiger partial charge in [-0.25, -0.2) is 0 Å². The van der Waals surface area contributed by atoms with Crippen LogP contribution in [0, 0.1) is 5.92 Å². The first kappa shape index (κ1) is 24.4. The zero-order chi connectivity index (χ0) is 25.2. The number of para-hydroxylation sites is 1. The monoisotopic (exact) mass is 500 g/mol. The molecule has 0 saturated carbocycles. The van der Waals surface area contributed by atoms with Gasteiger partial charge in [0.05, 0.1) is 7.11 Å². The van der Waals surface area contributed by atoms with Gasteiger partial charge in [0.2, 0.25) is 0 Å². The van der Waals surface area contributed by atoms with E-state index < -0.39 is 0 Å². The summed E-state index contributed by atoms with van der Waals surface area (Å²) in [5.74, 6) is 2.37. The molecule has 2 fully saturated rings. The highest BCUT2D eigenvalue weighted by Crippen LogP contribution is 2.40. The van der Waals surface area contributed by atoms with Crippen molar-refractivity contribution < 1.29 is 9.53 Å². The molecule has 196 valence electrons. The molecule has 2 aromatic carbocycles. The predicted molar refractivity (Wildman–Crippen MR) is 150 cm³/mol. The first-order valence-electron chi connectivity index (χ1n) is 14.2. The van der Waals surface area contributed by atoms with E-state index in [0.29, 0.717) is 17.7 Å². The summed E-state index contributed by atoms with van der Waals surface area (Å²) in [6, 6.07) is 17.1. The molecule has 2 atom stereocenters. The fourth-order valence-corrected chi connectivity index (χ4v) is 6.89. The Balaban J connectivity index is 1.07. The number of aromatic amines is 1. The van der Waals surface area contributed by atoms with Crippen LogP contribution in [0.25, 0.3) is 10.9 Å². The van der Waals surface area contributed by atoms with Crippen molar-refractivity contribution in [3.05, 3.63) is 59.8 Å². The van der Waals surface area contributed by atoms with Crippen LogP contribution in [0.2, 0.25) is 0 Å².